The van der Waals surface area contributed by atoms with Crippen LogP contribution in [0.5, 0.6) is 5.75 Å². The molecule has 4 rings (SSSR count). The molecule has 2 aromatic carbocycles. The van der Waals surface area contributed by atoms with Crippen molar-refractivity contribution in [1.29, 1.82) is 0 Å². The first-order valence-corrected chi connectivity index (χ1v) is 8.81. The number of fused-ring (bicyclic) bond motifs is 2. The summed E-state index contributed by atoms with van der Waals surface area (Å²) >= 11 is 1.80. The smallest absolute Gasteiger partial charge is 0.231 e. The van der Waals surface area contributed by atoms with E-state index < -0.39 is 0 Å². The van der Waals surface area contributed by atoms with Gasteiger partial charge < -0.3 is 14.1 Å². The Morgan fingerprint density at radius 1 is 1.29 bits per heavy atom. The maximum atomic E-state index is 12.8. The molecule has 4 nitrogen and oxygen atoms in total. The molecule has 1 aliphatic heterocycles. The first kappa shape index (κ1) is 15.1. The predicted molar refractivity (Wildman–Crippen MR) is 96.0 cm³/mol. The Morgan fingerprint density at radius 3 is 3.04 bits per heavy atom. The lowest BCUT2D eigenvalue weighted by atomic mass is 10.1. The molecular weight excluding hydrogens is 322 g/mol. The monoisotopic (exact) mass is 339 g/mol. The lowest BCUT2D eigenvalue weighted by molar-refractivity contribution is -0.118. The zero-order valence-electron chi connectivity index (χ0n) is 13.3. The lowest BCUT2D eigenvalue weighted by Gasteiger charge is -2.28. The van der Waals surface area contributed by atoms with Crippen molar-refractivity contribution in [2.75, 3.05) is 24.3 Å². The fraction of sp³-hybridized carbons (Fsp3) is 0.211. The minimum Gasteiger partial charge on any atom is -0.497 e. The topological polar surface area (TPSA) is 42.7 Å². The van der Waals surface area contributed by atoms with Gasteiger partial charge in [-0.1, -0.05) is 12.1 Å². The summed E-state index contributed by atoms with van der Waals surface area (Å²) in [6, 6.07) is 13.7. The van der Waals surface area contributed by atoms with Crippen LogP contribution in [0.4, 0.5) is 5.69 Å². The van der Waals surface area contributed by atoms with E-state index in [9.17, 15) is 4.79 Å². The molecule has 0 spiro atoms. The third-order valence-corrected chi connectivity index (χ3v) is 5.28. The molecular formula is C19H17NO3S. The van der Waals surface area contributed by atoms with E-state index in [0.29, 0.717) is 6.42 Å². The van der Waals surface area contributed by atoms with E-state index in [1.165, 1.54) is 4.90 Å². The molecule has 0 saturated heterocycles. The zero-order chi connectivity index (χ0) is 16.5. The van der Waals surface area contributed by atoms with Gasteiger partial charge in [0.1, 0.15) is 11.3 Å². The van der Waals surface area contributed by atoms with Crippen LogP contribution in [0.25, 0.3) is 11.0 Å². The molecule has 0 N–H and O–H groups in total. The Morgan fingerprint density at radius 2 is 2.17 bits per heavy atom. The van der Waals surface area contributed by atoms with Crippen LogP contribution in [0.3, 0.4) is 0 Å². The first-order valence-electron chi connectivity index (χ1n) is 7.82. The van der Waals surface area contributed by atoms with E-state index in [1.54, 1.807) is 25.1 Å². The number of carbonyl (C=O) groups excluding carboxylic acids is 1. The Hall–Kier alpha value is -2.40. The molecule has 1 aromatic heterocycles. The van der Waals surface area contributed by atoms with Crippen LogP contribution in [0.1, 0.15) is 5.56 Å². The molecule has 122 valence electrons. The summed E-state index contributed by atoms with van der Waals surface area (Å²) in [5.41, 5.74) is 2.66. The Balaban J connectivity index is 1.61. The van der Waals surface area contributed by atoms with Crippen molar-refractivity contribution in [3.8, 4) is 5.75 Å². The molecule has 0 aliphatic carbocycles. The molecule has 0 unspecified atom stereocenters. The van der Waals surface area contributed by atoms with Crippen molar-refractivity contribution in [2.45, 2.75) is 11.3 Å². The van der Waals surface area contributed by atoms with E-state index in [-0.39, 0.29) is 5.91 Å². The number of rotatable bonds is 3. The largest absolute Gasteiger partial charge is 0.497 e. The highest BCUT2D eigenvalue weighted by molar-refractivity contribution is 7.99. The van der Waals surface area contributed by atoms with Crippen molar-refractivity contribution in [3.05, 3.63) is 54.3 Å². The second-order valence-electron chi connectivity index (χ2n) is 5.66. The third-order valence-electron chi connectivity index (χ3n) is 4.23. The molecule has 0 fully saturated rings. The van der Waals surface area contributed by atoms with Crippen LogP contribution in [-0.4, -0.2) is 25.3 Å². The van der Waals surface area contributed by atoms with E-state index in [2.05, 4.69) is 6.07 Å². The summed E-state index contributed by atoms with van der Waals surface area (Å²) in [6.45, 7) is 0.740. The molecule has 3 aromatic rings. The van der Waals surface area contributed by atoms with Crippen LogP contribution in [-0.2, 0) is 11.2 Å². The predicted octanol–water partition coefficient (Wildman–Crippen LogP) is 4.12. The number of hydrogen-bond acceptors (Lipinski definition) is 4. The van der Waals surface area contributed by atoms with E-state index >= 15 is 0 Å². The lowest BCUT2D eigenvalue weighted by Crippen LogP contribution is -2.36. The van der Waals surface area contributed by atoms with Crippen molar-refractivity contribution in [2.24, 2.45) is 0 Å². The van der Waals surface area contributed by atoms with E-state index in [1.807, 2.05) is 41.3 Å². The Labute approximate surface area is 144 Å². The number of benzene rings is 2. The minimum absolute atomic E-state index is 0.0984. The zero-order valence-corrected chi connectivity index (χ0v) is 14.1. The number of methoxy groups -OCH3 is 1. The number of hydrogen-bond donors (Lipinski definition) is 0. The van der Waals surface area contributed by atoms with Gasteiger partial charge in [0.2, 0.25) is 5.91 Å². The number of thioether (sulfide) groups is 1. The van der Waals surface area contributed by atoms with E-state index in [0.717, 1.165) is 40.3 Å². The summed E-state index contributed by atoms with van der Waals surface area (Å²) in [7, 11) is 1.63. The fourth-order valence-corrected chi connectivity index (χ4v) is 4.01. The van der Waals surface area contributed by atoms with Gasteiger partial charge in [0.25, 0.3) is 0 Å². The van der Waals surface area contributed by atoms with Crippen LogP contribution in [0, 0.1) is 0 Å². The third kappa shape index (κ3) is 2.65. The maximum absolute atomic E-state index is 12.8. The van der Waals surface area contributed by atoms with E-state index in [4.69, 9.17) is 9.15 Å². The molecule has 0 bridgehead atoms. The molecule has 2 heterocycles. The summed E-state index contributed by atoms with van der Waals surface area (Å²) in [5.74, 6) is 1.77. The van der Waals surface area contributed by atoms with Gasteiger partial charge in [-0.3, -0.25) is 4.79 Å². The number of para-hydroxylation sites is 1. The van der Waals surface area contributed by atoms with Crippen LogP contribution in [0.15, 0.2) is 58.0 Å². The molecule has 0 atom stereocenters. The molecule has 1 amide bonds. The maximum Gasteiger partial charge on any atom is 0.231 e. The summed E-state index contributed by atoms with van der Waals surface area (Å²) < 4.78 is 10.8. The van der Waals surface area contributed by atoms with Gasteiger partial charge in [-0.25, -0.2) is 0 Å². The van der Waals surface area contributed by atoms with Gasteiger partial charge in [0.15, 0.2) is 0 Å². The number of nitrogens with zero attached hydrogens (tertiary/aromatic N) is 1. The quantitative estimate of drug-likeness (QED) is 0.720. The molecule has 0 radical (unpaired) electrons. The minimum atomic E-state index is 0.0984. The van der Waals surface area contributed by atoms with Gasteiger partial charge in [-0.15, -0.1) is 11.8 Å². The second-order valence-corrected chi connectivity index (χ2v) is 6.80. The second kappa shape index (κ2) is 6.24. The number of ether oxygens (including phenoxy) is 1. The summed E-state index contributed by atoms with van der Waals surface area (Å²) in [4.78, 5) is 15.9. The molecule has 24 heavy (non-hydrogen) atoms. The molecule has 5 heteroatoms. The van der Waals surface area contributed by atoms with Gasteiger partial charge in [0, 0.05) is 34.2 Å². The van der Waals surface area contributed by atoms with Crippen molar-refractivity contribution in [3.63, 3.8) is 0 Å². The number of furan rings is 1. The van der Waals surface area contributed by atoms with Crippen LogP contribution < -0.4 is 9.64 Å². The van der Waals surface area contributed by atoms with Gasteiger partial charge in [-0.2, -0.15) is 0 Å². The number of carbonyl (C=O) groups is 1. The highest BCUT2D eigenvalue weighted by atomic mass is 32.2. The molecule has 0 saturated carbocycles. The van der Waals surface area contributed by atoms with Crippen LogP contribution in [0.2, 0.25) is 0 Å². The van der Waals surface area contributed by atoms with Crippen molar-refractivity contribution < 1.29 is 13.9 Å². The van der Waals surface area contributed by atoms with Crippen molar-refractivity contribution >= 4 is 34.3 Å². The molecule has 1 aliphatic rings. The Bertz CT molecular complexity index is 903. The average Bonchev–Trinajstić information content (AvgIpc) is 3.03. The highest BCUT2D eigenvalue weighted by Gasteiger charge is 2.23. The Kier molecular flexibility index (Phi) is 3.94. The van der Waals surface area contributed by atoms with Crippen LogP contribution >= 0.6 is 11.8 Å². The SMILES string of the molecule is COc1ccc2c(CC(=O)N3CCSc4ccccc43)coc2c1. The number of anilines is 1. The van der Waals surface area contributed by atoms with Gasteiger partial charge in [0.05, 0.1) is 25.5 Å². The summed E-state index contributed by atoms with van der Waals surface area (Å²) in [6.07, 6.45) is 2.00. The first-order chi connectivity index (χ1) is 11.8. The average molecular weight is 339 g/mol. The van der Waals surface area contributed by atoms with Gasteiger partial charge >= 0.3 is 0 Å². The van der Waals surface area contributed by atoms with Gasteiger partial charge in [-0.05, 0) is 24.3 Å². The normalized spacial score (nSPS) is 13.8. The van der Waals surface area contributed by atoms with Crippen molar-refractivity contribution in [1.82, 2.24) is 0 Å². The number of amides is 1. The summed E-state index contributed by atoms with van der Waals surface area (Å²) in [5, 5.41) is 0.962. The fourth-order valence-electron chi connectivity index (χ4n) is 3.01. The standard InChI is InChI=1S/C19H17NO3S/c1-22-14-6-7-15-13(12-23-17(15)11-14)10-19(21)20-8-9-24-18-5-3-2-4-16(18)20/h2-7,11-12H,8-10H2,1H3. The highest BCUT2D eigenvalue weighted by Crippen LogP contribution is 2.35.